The molecule has 134 valence electrons. The zero-order chi connectivity index (χ0) is 15.2. The van der Waals surface area contributed by atoms with Crippen LogP contribution in [-0.2, 0) is 9.53 Å². The van der Waals surface area contributed by atoms with Crippen molar-refractivity contribution in [2.24, 2.45) is 5.73 Å². The molecule has 1 atom stereocenters. The normalized spacial score (nSPS) is 16.1. The van der Waals surface area contributed by atoms with Crippen molar-refractivity contribution in [2.75, 3.05) is 44.7 Å². The number of carbonyl (C=O) groups is 1. The Morgan fingerprint density at radius 1 is 1.35 bits per heavy atom. The molecule has 0 aromatic carbocycles. The molecule has 1 amide bonds. The highest BCUT2D eigenvalue weighted by molar-refractivity contribution is 7.09. The molecule has 0 spiro atoms. The molecule has 1 saturated heterocycles. The van der Waals surface area contributed by atoms with Gasteiger partial charge in [-0.1, -0.05) is 0 Å². The average molecular weight is 386 g/mol. The molecule has 2 heterocycles. The van der Waals surface area contributed by atoms with E-state index >= 15 is 0 Å². The molecule has 0 saturated carbocycles. The Kier molecular flexibility index (Phi) is 10.7. The number of aromatic nitrogens is 2. The van der Waals surface area contributed by atoms with Crippen molar-refractivity contribution >= 4 is 47.4 Å². The van der Waals surface area contributed by atoms with Gasteiger partial charge < -0.3 is 20.3 Å². The van der Waals surface area contributed by atoms with Crippen molar-refractivity contribution in [2.45, 2.75) is 25.9 Å². The summed E-state index contributed by atoms with van der Waals surface area (Å²) in [5.74, 6) is 0.917. The Balaban J connectivity index is 0.00000242. The van der Waals surface area contributed by atoms with Gasteiger partial charge >= 0.3 is 0 Å². The summed E-state index contributed by atoms with van der Waals surface area (Å²) >= 11 is 1.42. The van der Waals surface area contributed by atoms with E-state index in [9.17, 15) is 4.79 Å². The summed E-state index contributed by atoms with van der Waals surface area (Å²) in [5, 5.41) is 0.943. The van der Waals surface area contributed by atoms with Gasteiger partial charge in [0, 0.05) is 51.4 Å². The second-order valence-corrected chi connectivity index (χ2v) is 5.87. The van der Waals surface area contributed by atoms with Gasteiger partial charge in [0.15, 0.2) is 0 Å². The average Bonchev–Trinajstić information content (AvgIpc) is 2.77. The van der Waals surface area contributed by atoms with Crippen LogP contribution in [0.1, 0.15) is 18.7 Å². The van der Waals surface area contributed by atoms with E-state index in [-0.39, 0.29) is 36.8 Å². The molecule has 1 aliphatic heterocycles. The molecule has 1 fully saturated rings. The number of anilines is 1. The third-order valence-electron chi connectivity index (χ3n) is 3.63. The number of rotatable bonds is 5. The van der Waals surface area contributed by atoms with Crippen LogP contribution >= 0.6 is 36.3 Å². The van der Waals surface area contributed by atoms with Crippen molar-refractivity contribution in [3.63, 3.8) is 0 Å². The maximum absolute atomic E-state index is 12.3. The number of aryl methyl sites for hydroxylation is 1. The Labute approximate surface area is 153 Å². The van der Waals surface area contributed by atoms with Crippen molar-refractivity contribution in [3.05, 3.63) is 5.82 Å². The highest BCUT2D eigenvalue weighted by Gasteiger charge is 2.22. The van der Waals surface area contributed by atoms with Gasteiger partial charge in [-0.2, -0.15) is 4.37 Å². The zero-order valence-electron chi connectivity index (χ0n) is 13.4. The van der Waals surface area contributed by atoms with E-state index in [1.54, 1.807) is 7.11 Å². The second kappa shape index (κ2) is 11.0. The fourth-order valence-corrected chi connectivity index (χ4v) is 3.09. The van der Waals surface area contributed by atoms with Gasteiger partial charge in [-0.05, 0) is 13.3 Å². The summed E-state index contributed by atoms with van der Waals surface area (Å²) in [7, 11) is 1.59. The van der Waals surface area contributed by atoms with E-state index in [0.717, 1.165) is 37.0 Å². The highest BCUT2D eigenvalue weighted by Crippen LogP contribution is 2.19. The second-order valence-electron chi connectivity index (χ2n) is 5.14. The predicted molar refractivity (Wildman–Crippen MR) is 97.0 cm³/mol. The SMILES string of the molecule is COC(CN)CC(=O)N1CCCN(c2nc(C)ns2)CC1.Cl.Cl. The van der Waals surface area contributed by atoms with Gasteiger partial charge in [0.2, 0.25) is 11.0 Å². The van der Waals surface area contributed by atoms with Crippen molar-refractivity contribution in [1.29, 1.82) is 0 Å². The molecule has 0 aliphatic carbocycles. The van der Waals surface area contributed by atoms with Crippen LogP contribution in [0.4, 0.5) is 5.13 Å². The standard InChI is InChI=1S/C13H23N5O2S.2ClH/c1-10-15-13(21-16-10)18-5-3-4-17(6-7-18)12(19)8-11(9-14)20-2;;/h11H,3-9,14H2,1-2H3;2*1H. The fourth-order valence-electron chi connectivity index (χ4n) is 2.36. The maximum Gasteiger partial charge on any atom is 0.225 e. The molecule has 7 nitrogen and oxygen atoms in total. The number of carbonyl (C=O) groups excluding carboxylic acids is 1. The van der Waals surface area contributed by atoms with E-state index < -0.39 is 0 Å². The molecule has 2 rings (SSSR count). The third kappa shape index (κ3) is 6.39. The van der Waals surface area contributed by atoms with E-state index in [1.165, 1.54) is 11.5 Å². The molecular weight excluding hydrogens is 361 g/mol. The largest absolute Gasteiger partial charge is 0.380 e. The molecule has 2 N–H and O–H groups in total. The lowest BCUT2D eigenvalue weighted by atomic mass is 10.2. The minimum absolute atomic E-state index is 0. The zero-order valence-corrected chi connectivity index (χ0v) is 15.9. The minimum Gasteiger partial charge on any atom is -0.380 e. The number of nitrogens with zero attached hydrogens (tertiary/aromatic N) is 4. The first-order chi connectivity index (χ1) is 10.1. The fraction of sp³-hybridized carbons (Fsp3) is 0.769. The lowest BCUT2D eigenvalue weighted by Gasteiger charge is -2.23. The first-order valence-electron chi connectivity index (χ1n) is 7.20. The van der Waals surface area contributed by atoms with E-state index in [2.05, 4.69) is 14.3 Å². The summed E-state index contributed by atoms with van der Waals surface area (Å²) < 4.78 is 9.40. The van der Waals surface area contributed by atoms with Crippen LogP contribution in [-0.4, -0.2) is 66.1 Å². The number of ether oxygens (including phenoxy) is 1. The maximum atomic E-state index is 12.3. The van der Waals surface area contributed by atoms with E-state index in [0.29, 0.717) is 19.5 Å². The molecule has 0 radical (unpaired) electrons. The van der Waals surface area contributed by atoms with Gasteiger partial charge in [-0.25, -0.2) is 4.98 Å². The number of nitrogens with two attached hydrogens (primary N) is 1. The number of methoxy groups -OCH3 is 1. The third-order valence-corrected chi connectivity index (χ3v) is 4.50. The summed E-state index contributed by atoms with van der Waals surface area (Å²) in [6.07, 6.45) is 1.10. The first kappa shape index (κ1) is 22.3. The van der Waals surface area contributed by atoms with Crippen LogP contribution in [0.2, 0.25) is 0 Å². The minimum atomic E-state index is -0.192. The molecule has 10 heteroatoms. The van der Waals surface area contributed by atoms with Gasteiger partial charge in [-0.15, -0.1) is 24.8 Å². The highest BCUT2D eigenvalue weighted by atomic mass is 35.5. The number of hydrogen-bond donors (Lipinski definition) is 1. The van der Waals surface area contributed by atoms with Gasteiger partial charge in [-0.3, -0.25) is 4.79 Å². The predicted octanol–water partition coefficient (Wildman–Crippen LogP) is 1.09. The number of hydrogen-bond acceptors (Lipinski definition) is 7. The summed E-state index contributed by atoms with van der Waals surface area (Å²) in [6, 6.07) is 0. The van der Waals surface area contributed by atoms with Crippen LogP contribution < -0.4 is 10.6 Å². The summed E-state index contributed by atoms with van der Waals surface area (Å²) in [6.45, 7) is 5.44. The summed E-state index contributed by atoms with van der Waals surface area (Å²) in [4.78, 5) is 20.8. The lowest BCUT2D eigenvalue weighted by Crippen LogP contribution is -2.38. The van der Waals surface area contributed by atoms with E-state index in [1.807, 2.05) is 11.8 Å². The smallest absolute Gasteiger partial charge is 0.225 e. The topological polar surface area (TPSA) is 84.6 Å². The first-order valence-corrected chi connectivity index (χ1v) is 7.97. The van der Waals surface area contributed by atoms with Crippen molar-refractivity contribution < 1.29 is 9.53 Å². The van der Waals surface area contributed by atoms with Crippen LogP contribution in [0.5, 0.6) is 0 Å². The molecule has 0 bridgehead atoms. The van der Waals surface area contributed by atoms with Crippen molar-refractivity contribution in [1.82, 2.24) is 14.3 Å². The van der Waals surface area contributed by atoms with Crippen LogP contribution in [0.3, 0.4) is 0 Å². The van der Waals surface area contributed by atoms with Crippen LogP contribution in [0.15, 0.2) is 0 Å². The monoisotopic (exact) mass is 385 g/mol. The van der Waals surface area contributed by atoms with E-state index in [4.69, 9.17) is 10.5 Å². The summed E-state index contributed by atoms with van der Waals surface area (Å²) in [5.41, 5.74) is 5.57. The number of halogens is 2. The molecule has 1 aromatic rings. The Morgan fingerprint density at radius 3 is 2.65 bits per heavy atom. The molecule has 1 aliphatic rings. The molecular formula is C13H25Cl2N5O2S. The molecule has 23 heavy (non-hydrogen) atoms. The van der Waals surface area contributed by atoms with Crippen LogP contribution in [0.25, 0.3) is 0 Å². The Hall–Kier alpha value is -0.670. The quantitative estimate of drug-likeness (QED) is 0.816. The van der Waals surface area contributed by atoms with Gasteiger partial charge in [0.25, 0.3) is 0 Å². The van der Waals surface area contributed by atoms with Gasteiger partial charge in [0.05, 0.1) is 12.5 Å². The Bertz CT molecular complexity index is 473. The lowest BCUT2D eigenvalue weighted by molar-refractivity contribution is -0.133. The van der Waals surface area contributed by atoms with Crippen molar-refractivity contribution in [3.8, 4) is 0 Å². The number of amides is 1. The Morgan fingerprint density at radius 2 is 2.09 bits per heavy atom. The van der Waals surface area contributed by atoms with Crippen LogP contribution in [0, 0.1) is 6.92 Å². The van der Waals surface area contributed by atoms with Gasteiger partial charge in [0.1, 0.15) is 5.82 Å². The molecule has 1 aromatic heterocycles. The molecule has 1 unspecified atom stereocenters.